The van der Waals surface area contributed by atoms with Crippen LogP contribution < -0.4 is 5.32 Å². The highest BCUT2D eigenvalue weighted by Gasteiger charge is 2.41. The van der Waals surface area contributed by atoms with Gasteiger partial charge in [-0.2, -0.15) is 0 Å². The van der Waals surface area contributed by atoms with Crippen molar-refractivity contribution in [1.82, 2.24) is 10.2 Å². The van der Waals surface area contributed by atoms with Crippen LogP contribution in [0.1, 0.15) is 85.0 Å². The number of aliphatic hydroxyl groups is 4. The van der Waals surface area contributed by atoms with Gasteiger partial charge in [-0.15, -0.1) is 0 Å². The van der Waals surface area contributed by atoms with E-state index in [1.807, 2.05) is 20.8 Å². The molecule has 7 atom stereocenters. The summed E-state index contributed by atoms with van der Waals surface area (Å²) in [4.78, 5) is 26.2. The zero-order valence-electron chi connectivity index (χ0n) is 24.0. The number of carbonyl (C=O) groups excluding carboxylic acids is 2. The first-order valence-electron chi connectivity index (χ1n) is 14.6. The lowest BCUT2D eigenvalue weighted by molar-refractivity contribution is -0.144. The third-order valence-corrected chi connectivity index (χ3v) is 7.74. The van der Waals surface area contributed by atoms with Crippen LogP contribution in [-0.2, 0) is 19.1 Å². The number of nitrogens with one attached hydrogen (secondary N) is 1. The van der Waals surface area contributed by atoms with Gasteiger partial charge in [-0.3, -0.25) is 9.59 Å². The van der Waals surface area contributed by atoms with Crippen molar-refractivity contribution in [1.29, 1.82) is 0 Å². The Morgan fingerprint density at radius 2 is 1.61 bits per heavy atom. The van der Waals surface area contributed by atoms with Gasteiger partial charge in [0.15, 0.2) is 0 Å². The molecule has 2 rings (SSSR count). The third kappa shape index (κ3) is 11.4. The van der Waals surface area contributed by atoms with Crippen LogP contribution in [0.25, 0.3) is 0 Å². The van der Waals surface area contributed by atoms with E-state index in [4.69, 9.17) is 9.47 Å². The van der Waals surface area contributed by atoms with Gasteiger partial charge in [-0.05, 0) is 38.5 Å². The Morgan fingerprint density at radius 1 is 0.921 bits per heavy atom. The number of ether oxygens (including phenoxy) is 2. The van der Waals surface area contributed by atoms with Gasteiger partial charge in [0.05, 0.1) is 37.1 Å². The second-order valence-electron chi connectivity index (χ2n) is 10.4. The lowest BCUT2D eigenvalue weighted by atomic mass is 9.77. The summed E-state index contributed by atoms with van der Waals surface area (Å²) in [7, 11) is 1.63. The van der Waals surface area contributed by atoms with Crippen molar-refractivity contribution in [3.05, 3.63) is 0 Å². The molecule has 224 valence electrons. The standard InChI is InChI=1S/C26H48N2O8.C2H6/c1-18-22(13-19(16-29)26(34)25(18)33)36-12-8-4-5-9-23(31)27-11-7-3-6-10-24(32)28-15-21(35-2)14-20(28)17-30;1-2/h18-22,25-26,29-30,33-34H,3-17H2,1-2H3,(H,27,31);1-2H3/t18?,19?,20-,21+,22+,25+,26-;/m0./s1. The van der Waals surface area contributed by atoms with Gasteiger partial charge in [-0.1, -0.05) is 33.6 Å². The average molecular weight is 547 g/mol. The molecule has 0 spiro atoms. The highest BCUT2D eigenvalue weighted by Crippen LogP contribution is 2.31. The van der Waals surface area contributed by atoms with Crippen LogP contribution in [0.15, 0.2) is 0 Å². The number of hydrogen-bond donors (Lipinski definition) is 5. The molecule has 1 heterocycles. The van der Waals surface area contributed by atoms with Crippen molar-refractivity contribution in [3.8, 4) is 0 Å². The minimum Gasteiger partial charge on any atom is -0.396 e. The van der Waals surface area contributed by atoms with Crippen LogP contribution in [0.3, 0.4) is 0 Å². The van der Waals surface area contributed by atoms with E-state index in [0.717, 1.165) is 38.5 Å². The molecule has 1 saturated heterocycles. The molecule has 1 saturated carbocycles. The number of nitrogens with zero attached hydrogens (tertiary/aromatic N) is 1. The van der Waals surface area contributed by atoms with E-state index in [1.54, 1.807) is 12.0 Å². The zero-order valence-corrected chi connectivity index (χ0v) is 24.0. The third-order valence-electron chi connectivity index (χ3n) is 7.74. The van der Waals surface area contributed by atoms with Crippen LogP contribution in [-0.4, -0.2) is 108 Å². The Bertz CT molecular complexity index is 650. The lowest BCUT2D eigenvalue weighted by Crippen LogP contribution is -2.50. The first kappa shape index (κ1) is 34.7. The van der Waals surface area contributed by atoms with Gasteiger partial charge in [0.1, 0.15) is 0 Å². The molecule has 0 aromatic rings. The first-order chi connectivity index (χ1) is 18.3. The molecule has 1 aliphatic heterocycles. The normalized spacial score (nSPS) is 29.1. The molecule has 2 amide bonds. The van der Waals surface area contributed by atoms with Gasteiger partial charge in [0.2, 0.25) is 11.8 Å². The average Bonchev–Trinajstić information content (AvgIpc) is 3.37. The minimum absolute atomic E-state index is 0.00179. The maximum absolute atomic E-state index is 12.4. The molecule has 0 aromatic heterocycles. The smallest absolute Gasteiger partial charge is 0.222 e. The number of amides is 2. The summed E-state index contributed by atoms with van der Waals surface area (Å²) in [6.07, 6.45) is 5.02. The highest BCUT2D eigenvalue weighted by atomic mass is 16.5. The van der Waals surface area contributed by atoms with Crippen LogP contribution >= 0.6 is 0 Å². The molecule has 0 radical (unpaired) electrons. The summed E-state index contributed by atoms with van der Waals surface area (Å²) in [5, 5.41) is 41.9. The summed E-state index contributed by atoms with van der Waals surface area (Å²) < 4.78 is 11.2. The Morgan fingerprint density at radius 3 is 2.26 bits per heavy atom. The Balaban J connectivity index is 0.00000352. The number of rotatable bonds is 16. The summed E-state index contributed by atoms with van der Waals surface area (Å²) >= 11 is 0. The summed E-state index contributed by atoms with van der Waals surface area (Å²) in [5.74, 6) is -0.462. The van der Waals surface area contributed by atoms with Crippen molar-refractivity contribution in [2.75, 3.05) is 40.0 Å². The molecular formula is C28H54N2O8. The molecule has 2 fully saturated rings. The van der Waals surface area contributed by atoms with Crippen molar-refractivity contribution in [2.24, 2.45) is 11.8 Å². The van der Waals surface area contributed by atoms with Gasteiger partial charge in [-0.25, -0.2) is 0 Å². The second kappa shape index (κ2) is 19.7. The molecule has 5 N–H and O–H groups in total. The van der Waals surface area contributed by atoms with Gasteiger partial charge >= 0.3 is 0 Å². The van der Waals surface area contributed by atoms with E-state index in [0.29, 0.717) is 45.4 Å². The van der Waals surface area contributed by atoms with E-state index in [2.05, 4.69) is 5.32 Å². The fraction of sp³-hybridized carbons (Fsp3) is 0.929. The molecule has 2 unspecified atom stereocenters. The quantitative estimate of drug-likeness (QED) is 0.183. The maximum atomic E-state index is 12.4. The molecule has 10 heteroatoms. The maximum Gasteiger partial charge on any atom is 0.222 e. The largest absolute Gasteiger partial charge is 0.396 e. The predicted molar refractivity (Wildman–Crippen MR) is 145 cm³/mol. The van der Waals surface area contributed by atoms with Crippen molar-refractivity contribution >= 4 is 11.8 Å². The van der Waals surface area contributed by atoms with Crippen LogP contribution in [0.4, 0.5) is 0 Å². The molecule has 10 nitrogen and oxygen atoms in total. The monoisotopic (exact) mass is 546 g/mol. The Hall–Kier alpha value is -1.30. The highest BCUT2D eigenvalue weighted by molar-refractivity contribution is 5.77. The fourth-order valence-corrected chi connectivity index (χ4v) is 5.22. The topological polar surface area (TPSA) is 149 Å². The van der Waals surface area contributed by atoms with Crippen molar-refractivity contribution in [2.45, 2.75) is 115 Å². The van der Waals surface area contributed by atoms with E-state index in [1.165, 1.54) is 0 Å². The van der Waals surface area contributed by atoms with E-state index in [-0.39, 0.29) is 55.1 Å². The molecule has 0 bridgehead atoms. The van der Waals surface area contributed by atoms with E-state index < -0.39 is 12.2 Å². The summed E-state index contributed by atoms with van der Waals surface area (Å²) in [6, 6.07) is -0.148. The fourth-order valence-electron chi connectivity index (χ4n) is 5.22. The lowest BCUT2D eigenvalue weighted by Gasteiger charge is -2.40. The van der Waals surface area contributed by atoms with Crippen LogP contribution in [0, 0.1) is 11.8 Å². The summed E-state index contributed by atoms with van der Waals surface area (Å²) in [5.41, 5.74) is 0. The second-order valence-corrected chi connectivity index (χ2v) is 10.4. The first-order valence-corrected chi connectivity index (χ1v) is 14.6. The Kier molecular flexibility index (Phi) is 18.0. The molecule has 1 aliphatic carbocycles. The van der Waals surface area contributed by atoms with Gasteiger partial charge < -0.3 is 40.1 Å². The molecule has 0 aromatic carbocycles. The van der Waals surface area contributed by atoms with Gasteiger partial charge in [0, 0.05) is 58.1 Å². The molecule has 38 heavy (non-hydrogen) atoms. The number of methoxy groups -OCH3 is 1. The van der Waals surface area contributed by atoms with Gasteiger partial charge in [0.25, 0.3) is 0 Å². The van der Waals surface area contributed by atoms with E-state index >= 15 is 0 Å². The number of unbranched alkanes of at least 4 members (excludes halogenated alkanes) is 4. The number of carbonyl (C=O) groups is 2. The van der Waals surface area contributed by atoms with Crippen molar-refractivity contribution < 1.29 is 39.5 Å². The Labute approximate surface area is 229 Å². The summed E-state index contributed by atoms with van der Waals surface area (Å²) in [6.45, 7) is 7.32. The van der Waals surface area contributed by atoms with Crippen LogP contribution in [0.2, 0.25) is 0 Å². The molecular weight excluding hydrogens is 492 g/mol. The predicted octanol–water partition coefficient (Wildman–Crippen LogP) is 1.61. The van der Waals surface area contributed by atoms with E-state index in [9.17, 15) is 30.0 Å². The number of likely N-dealkylation sites (tertiary alicyclic amines) is 1. The number of aliphatic hydroxyl groups excluding tert-OH is 4. The van der Waals surface area contributed by atoms with Crippen molar-refractivity contribution in [3.63, 3.8) is 0 Å². The molecule has 2 aliphatic rings. The zero-order chi connectivity index (χ0) is 28.5. The number of hydrogen-bond acceptors (Lipinski definition) is 8. The SMILES string of the molecule is CC.CO[C@@H]1C[C@@H](CO)N(C(=O)CCCCCNC(=O)CCCCCO[C@@H]2CC(CO)[C@H](O)[C@H](O)C2C)C1. The minimum atomic E-state index is -0.912. The van der Waals surface area contributed by atoms with Crippen LogP contribution in [0.5, 0.6) is 0 Å².